The van der Waals surface area contributed by atoms with Crippen molar-refractivity contribution in [1.82, 2.24) is 15.5 Å². The van der Waals surface area contributed by atoms with Crippen LogP contribution in [0.25, 0.3) is 0 Å². The normalized spacial score (nSPS) is 17.5. The van der Waals surface area contributed by atoms with Crippen LogP contribution in [0.5, 0.6) is 5.75 Å². The summed E-state index contributed by atoms with van der Waals surface area (Å²) in [4.78, 5) is 7.25. The zero-order valence-corrected chi connectivity index (χ0v) is 17.1. The summed E-state index contributed by atoms with van der Waals surface area (Å²) in [6, 6.07) is 10.4. The molecule has 2 rings (SSSR count). The highest BCUT2D eigenvalue weighted by Gasteiger charge is 2.19. The second-order valence-corrected chi connectivity index (χ2v) is 7.07. The second-order valence-electron chi connectivity index (χ2n) is 7.07. The standard InChI is InChI=1S/C21H36N4O2/c1-4-22-21(23-17-18(2)27-20-9-6-5-7-10-20)24-19-11-14-25(15-12-19)13-8-16-26-3/h5-7,9-10,18-19H,4,8,11-17H2,1-3H3,(H2,22,23,24). The number of methoxy groups -OCH3 is 1. The van der Waals surface area contributed by atoms with Crippen molar-refractivity contribution in [3.63, 3.8) is 0 Å². The van der Waals surface area contributed by atoms with Gasteiger partial charge in [-0.05, 0) is 45.2 Å². The molecule has 1 unspecified atom stereocenters. The summed E-state index contributed by atoms with van der Waals surface area (Å²) in [7, 11) is 1.77. The Morgan fingerprint density at radius 1 is 1.26 bits per heavy atom. The highest BCUT2D eigenvalue weighted by atomic mass is 16.5. The van der Waals surface area contributed by atoms with E-state index < -0.39 is 0 Å². The number of ether oxygens (including phenoxy) is 2. The molecular formula is C21H36N4O2. The molecule has 2 N–H and O–H groups in total. The number of benzene rings is 1. The van der Waals surface area contributed by atoms with Gasteiger partial charge >= 0.3 is 0 Å². The van der Waals surface area contributed by atoms with Gasteiger partial charge in [-0.3, -0.25) is 0 Å². The van der Waals surface area contributed by atoms with Crippen LogP contribution in [0.2, 0.25) is 0 Å². The third-order valence-corrected chi connectivity index (χ3v) is 4.68. The van der Waals surface area contributed by atoms with Gasteiger partial charge in [-0.1, -0.05) is 18.2 Å². The van der Waals surface area contributed by atoms with E-state index in [9.17, 15) is 0 Å². The molecule has 0 aliphatic carbocycles. The van der Waals surface area contributed by atoms with Crippen LogP contribution in [0.15, 0.2) is 35.3 Å². The third kappa shape index (κ3) is 8.63. The molecule has 1 fully saturated rings. The third-order valence-electron chi connectivity index (χ3n) is 4.68. The highest BCUT2D eigenvalue weighted by Crippen LogP contribution is 2.12. The van der Waals surface area contributed by atoms with E-state index in [1.165, 1.54) is 0 Å². The number of nitrogens with one attached hydrogen (secondary N) is 2. The quantitative estimate of drug-likeness (QED) is 0.373. The van der Waals surface area contributed by atoms with E-state index in [1.807, 2.05) is 30.3 Å². The Morgan fingerprint density at radius 3 is 2.67 bits per heavy atom. The molecule has 0 aromatic heterocycles. The fourth-order valence-electron chi connectivity index (χ4n) is 3.24. The lowest BCUT2D eigenvalue weighted by Crippen LogP contribution is -2.49. The summed E-state index contributed by atoms with van der Waals surface area (Å²) < 4.78 is 11.1. The average molecular weight is 377 g/mol. The van der Waals surface area contributed by atoms with E-state index in [0.29, 0.717) is 12.6 Å². The first-order chi connectivity index (χ1) is 13.2. The van der Waals surface area contributed by atoms with Crippen LogP contribution < -0.4 is 15.4 Å². The molecular weight excluding hydrogens is 340 g/mol. The van der Waals surface area contributed by atoms with E-state index in [-0.39, 0.29) is 6.10 Å². The fourth-order valence-corrected chi connectivity index (χ4v) is 3.24. The molecule has 1 atom stereocenters. The molecule has 152 valence electrons. The largest absolute Gasteiger partial charge is 0.489 e. The molecule has 1 aromatic rings. The number of guanidine groups is 1. The van der Waals surface area contributed by atoms with E-state index in [0.717, 1.165) is 63.8 Å². The monoisotopic (exact) mass is 376 g/mol. The van der Waals surface area contributed by atoms with Crippen molar-refractivity contribution in [2.45, 2.75) is 45.3 Å². The zero-order valence-electron chi connectivity index (χ0n) is 17.1. The smallest absolute Gasteiger partial charge is 0.191 e. The molecule has 6 nitrogen and oxygen atoms in total. The van der Waals surface area contributed by atoms with Gasteiger partial charge in [0.15, 0.2) is 5.96 Å². The molecule has 0 amide bonds. The maximum atomic E-state index is 5.91. The molecule has 1 aliphatic rings. The molecule has 6 heteroatoms. The van der Waals surface area contributed by atoms with Crippen molar-refractivity contribution in [3.8, 4) is 5.75 Å². The first-order valence-corrected chi connectivity index (χ1v) is 10.2. The Labute approximate surface area is 164 Å². The first kappa shape index (κ1) is 21.5. The van der Waals surface area contributed by atoms with Gasteiger partial charge in [0.05, 0.1) is 6.54 Å². The van der Waals surface area contributed by atoms with Crippen molar-refractivity contribution in [3.05, 3.63) is 30.3 Å². The van der Waals surface area contributed by atoms with Gasteiger partial charge in [-0.2, -0.15) is 0 Å². The Hall–Kier alpha value is -1.79. The minimum atomic E-state index is 0.0329. The molecule has 0 radical (unpaired) electrons. The van der Waals surface area contributed by atoms with Gasteiger partial charge in [0.25, 0.3) is 0 Å². The fraction of sp³-hybridized carbons (Fsp3) is 0.667. The lowest BCUT2D eigenvalue weighted by molar-refractivity contribution is 0.155. The van der Waals surface area contributed by atoms with Gasteiger partial charge < -0.3 is 25.0 Å². The predicted octanol–water partition coefficient (Wildman–Crippen LogP) is 2.51. The van der Waals surface area contributed by atoms with Crippen molar-refractivity contribution in [2.24, 2.45) is 4.99 Å². The lowest BCUT2D eigenvalue weighted by Gasteiger charge is -2.33. The topological polar surface area (TPSA) is 58.1 Å². The SMILES string of the molecule is CCNC(=NCC(C)Oc1ccccc1)NC1CCN(CCCOC)CC1. The number of nitrogens with zero attached hydrogens (tertiary/aromatic N) is 2. The molecule has 1 saturated heterocycles. The van der Waals surface area contributed by atoms with Crippen LogP contribution in [0.3, 0.4) is 0 Å². The highest BCUT2D eigenvalue weighted by molar-refractivity contribution is 5.80. The Morgan fingerprint density at radius 2 is 2.00 bits per heavy atom. The summed E-state index contributed by atoms with van der Waals surface area (Å²) >= 11 is 0. The van der Waals surface area contributed by atoms with Crippen LogP contribution >= 0.6 is 0 Å². The molecule has 0 bridgehead atoms. The molecule has 1 aromatic carbocycles. The van der Waals surface area contributed by atoms with Crippen molar-refractivity contribution in [1.29, 1.82) is 0 Å². The van der Waals surface area contributed by atoms with E-state index in [1.54, 1.807) is 7.11 Å². The summed E-state index contributed by atoms with van der Waals surface area (Å²) in [6.07, 6.45) is 3.43. The van der Waals surface area contributed by atoms with Crippen LogP contribution in [-0.2, 0) is 4.74 Å². The van der Waals surface area contributed by atoms with Crippen LogP contribution in [0.1, 0.15) is 33.1 Å². The summed E-state index contributed by atoms with van der Waals surface area (Å²) in [5, 5.41) is 6.95. The van der Waals surface area contributed by atoms with Crippen LogP contribution in [-0.4, -0.2) is 69.4 Å². The number of para-hydroxylation sites is 1. The number of rotatable bonds is 10. The Bertz CT molecular complexity index is 530. The predicted molar refractivity (Wildman–Crippen MR) is 112 cm³/mol. The first-order valence-electron chi connectivity index (χ1n) is 10.2. The maximum Gasteiger partial charge on any atom is 0.191 e. The minimum Gasteiger partial charge on any atom is -0.489 e. The average Bonchev–Trinajstić information content (AvgIpc) is 2.69. The molecule has 0 spiro atoms. The minimum absolute atomic E-state index is 0.0329. The van der Waals surface area contributed by atoms with Crippen molar-refractivity contribution >= 4 is 5.96 Å². The Kier molecular flexibility index (Phi) is 10.0. The van der Waals surface area contributed by atoms with Crippen LogP contribution in [0.4, 0.5) is 0 Å². The molecule has 1 heterocycles. The molecule has 27 heavy (non-hydrogen) atoms. The number of likely N-dealkylation sites (tertiary alicyclic amines) is 1. The van der Waals surface area contributed by atoms with Gasteiger partial charge in [0.2, 0.25) is 0 Å². The Balaban J connectivity index is 1.75. The molecule has 0 saturated carbocycles. The van der Waals surface area contributed by atoms with E-state index in [4.69, 9.17) is 14.5 Å². The number of hydrogen-bond donors (Lipinski definition) is 2. The van der Waals surface area contributed by atoms with Crippen LogP contribution in [0, 0.1) is 0 Å². The lowest BCUT2D eigenvalue weighted by atomic mass is 10.1. The summed E-state index contributed by atoms with van der Waals surface area (Å²) in [5.41, 5.74) is 0. The summed E-state index contributed by atoms with van der Waals surface area (Å²) in [5.74, 6) is 1.78. The van der Waals surface area contributed by atoms with Crippen molar-refractivity contribution < 1.29 is 9.47 Å². The molecule has 1 aliphatic heterocycles. The van der Waals surface area contributed by atoms with Gasteiger partial charge in [0, 0.05) is 45.9 Å². The summed E-state index contributed by atoms with van der Waals surface area (Å²) in [6.45, 7) is 9.87. The zero-order chi connectivity index (χ0) is 19.3. The van der Waals surface area contributed by atoms with Gasteiger partial charge in [-0.25, -0.2) is 4.99 Å². The number of hydrogen-bond acceptors (Lipinski definition) is 4. The van der Waals surface area contributed by atoms with E-state index >= 15 is 0 Å². The number of aliphatic imine (C=N–C) groups is 1. The number of piperidine rings is 1. The van der Waals surface area contributed by atoms with Crippen molar-refractivity contribution in [2.75, 3.05) is 46.4 Å². The maximum absolute atomic E-state index is 5.91. The van der Waals surface area contributed by atoms with Gasteiger partial charge in [-0.15, -0.1) is 0 Å². The second kappa shape index (κ2) is 12.6. The van der Waals surface area contributed by atoms with Gasteiger partial charge in [0.1, 0.15) is 11.9 Å². The van der Waals surface area contributed by atoms with E-state index in [2.05, 4.69) is 29.4 Å².